The van der Waals surface area contributed by atoms with E-state index in [1.54, 1.807) is 37.0 Å². The van der Waals surface area contributed by atoms with Gasteiger partial charge in [-0.25, -0.2) is 23.9 Å². The molecule has 3 N–H and O–H groups in total. The highest BCUT2D eigenvalue weighted by Gasteiger charge is 2.28. The monoisotopic (exact) mass is 548 g/mol. The van der Waals surface area contributed by atoms with Gasteiger partial charge in [-0.3, -0.25) is 20.1 Å². The zero-order valence-corrected chi connectivity index (χ0v) is 22.1. The molecule has 0 radical (unpaired) electrons. The predicted octanol–water partition coefficient (Wildman–Crippen LogP) is 1.08. The molecular formula is C25H29FN12O2. The van der Waals surface area contributed by atoms with Crippen LogP contribution in [0.1, 0.15) is 39.8 Å². The second-order valence-corrected chi connectivity index (χ2v) is 9.17. The fourth-order valence-electron chi connectivity index (χ4n) is 4.58. The van der Waals surface area contributed by atoms with Gasteiger partial charge in [-0.2, -0.15) is 15.2 Å². The normalized spacial score (nSPS) is 17.0. The van der Waals surface area contributed by atoms with Crippen LogP contribution in [0.5, 0.6) is 0 Å². The zero-order chi connectivity index (χ0) is 28.1. The summed E-state index contributed by atoms with van der Waals surface area (Å²) in [5.41, 5.74) is 2.12. The van der Waals surface area contributed by atoms with Gasteiger partial charge in [0, 0.05) is 57.3 Å². The van der Waals surface area contributed by atoms with Crippen LogP contribution in [0.4, 0.5) is 15.1 Å². The molecule has 0 saturated carbocycles. The highest BCUT2D eigenvalue weighted by Crippen LogP contribution is 2.27. The van der Waals surface area contributed by atoms with Crippen LogP contribution in [0, 0.1) is 19.7 Å². The molecular weight excluding hydrogens is 519 g/mol. The fraction of sp³-hybridized carbons (Fsp3) is 0.360. The van der Waals surface area contributed by atoms with Gasteiger partial charge >= 0.3 is 6.03 Å². The molecule has 1 saturated heterocycles. The number of amides is 3. The maximum absolute atomic E-state index is 13.6. The first-order chi connectivity index (χ1) is 19.4. The first-order valence-electron chi connectivity index (χ1n) is 12.8. The van der Waals surface area contributed by atoms with Crippen LogP contribution < -0.4 is 20.9 Å². The molecule has 15 heteroatoms. The van der Waals surface area contributed by atoms with Gasteiger partial charge in [-0.1, -0.05) is 0 Å². The summed E-state index contributed by atoms with van der Waals surface area (Å²) in [4.78, 5) is 44.5. The number of aryl methyl sites for hydroxylation is 1. The standard InChI is InChI=1S/C25H29FN12O2/c1-16-22(17(2)37(35-16)21-4-5-30-24(34-21)36-9-7-27-8-10-36)23(39)31-14-29-15-32-25(40)38-20(3-6-33-38)18-11-19(26)13-28-12-18/h4-6,11-13,15,20,27H,3,7-10,14H2,1-2H3,(H,31,39)(H,29,32,40)/t20-/m0/s1. The average Bonchev–Trinajstić information content (AvgIpc) is 3.58. The Balaban J connectivity index is 1.17. The molecule has 5 rings (SSSR count). The third kappa shape index (κ3) is 5.78. The molecule has 1 atom stereocenters. The number of halogens is 1. The van der Waals surface area contributed by atoms with Gasteiger partial charge in [0.2, 0.25) is 5.95 Å². The molecule has 2 aliphatic heterocycles. The lowest BCUT2D eigenvalue weighted by Crippen LogP contribution is -2.44. The summed E-state index contributed by atoms with van der Waals surface area (Å²) >= 11 is 0. The second-order valence-electron chi connectivity index (χ2n) is 9.17. The Morgan fingerprint density at radius 2 is 2.08 bits per heavy atom. The van der Waals surface area contributed by atoms with Crippen molar-refractivity contribution in [2.24, 2.45) is 10.1 Å². The maximum atomic E-state index is 13.6. The smallest absolute Gasteiger partial charge is 0.338 e. The number of piperazine rings is 1. The molecule has 3 aromatic rings. The van der Waals surface area contributed by atoms with Crippen LogP contribution in [0.15, 0.2) is 40.8 Å². The number of carbonyl (C=O) groups is 2. The summed E-state index contributed by atoms with van der Waals surface area (Å²) in [7, 11) is 0. The molecule has 0 aromatic carbocycles. The van der Waals surface area contributed by atoms with Crippen molar-refractivity contribution in [3.8, 4) is 5.82 Å². The van der Waals surface area contributed by atoms with E-state index in [9.17, 15) is 14.0 Å². The summed E-state index contributed by atoms with van der Waals surface area (Å²) in [6.45, 7) is 6.82. The van der Waals surface area contributed by atoms with E-state index in [1.807, 2.05) is 0 Å². The molecule has 0 aliphatic carbocycles. The largest absolute Gasteiger partial charge is 0.343 e. The third-order valence-electron chi connectivity index (χ3n) is 6.52. The SMILES string of the molecule is Cc1nn(-c2ccnc(N3CCNCC3)n2)c(C)c1C(=O)NCN=CNC(=O)N1N=CC[C@H]1c1cncc(F)c1. The Kier molecular flexibility index (Phi) is 8.00. The summed E-state index contributed by atoms with van der Waals surface area (Å²) in [6.07, 6.45) is 7.46. The number of nitrogens with zero attached hydrogens (tertiary/aromatic N) is 9. The Labute approximate surface area is 229 Å². The van der Waals surface area contributed by atoms with Gasteiger partial charge < -0.3 is 15.5 Å². The highest BCUT2D eigenvalue weighted by molar-refractivity contribution is 5.96. The number of pyridine rings is 1. The first kappa shape index (κ1) is 26.8. The Hall–Kier alpha value is -4.79. The van der Waals surface area contributed by atoms with Crippen molar-refractivity contribution in [1.29, 1.82) is 0 Å². The lowest BCUT2D eigenvalue weighted by molar-refractivity contribution is 0.0953. The number of hydrogen-bond acceptors (Lipinski definition) is 10. The van der Waals surface area contributed by atoms with Crippen molar-refractivity contribution in [3.05, 3.63) is 59.1 Å². The van der Waals surface area contributed by atoms with Crippen molar-refractivity contribution >= 4 is 30.4 Å². The van der Waals surface area contributed by atoms with Gasteiger partial charge in [-0.05, 0) is 25.5 Å². The zero-order valence-electron chi connectivity index (χ0n) is 22.1. The lowest BCUT2D eigenvalue weighted by Gasteiger charge is -2.27. The number of anilines is 1. The number of aliphatic imine (C=N–C) groups is 1. The van der Waals surface area contributed by atoms with Gasteiger partial charge in [0.15, 0.2) is 5.82 Å². The Bertz CT molecular complexity index is 1450. The molecule has 0 spiro atoms. The maximum Gasteiger partial charge on any atom is 0.343 e. The van der Waals surface area contributed by atoms with Gasteiger partial charge in [0.05, 0.1) is 35.5 Å². The molecule has 14 nitrogen and oxygen atoms in total. The fourth-order valence-corrected chi connectivity index (χ4v) is 4.58. The minimum Gasteiger partial charge on any atom is -0.338 e. The molecule has 3 amide bonds. The third-order valence-corrected chi connectivity index (χ3v) is 6.52. The highest BCUT2D eigenvalue weighted by atomic mass is 19.1. The van der Waals surface area contributed by atoms with Gasteiger partial charge in [0.25, 0.3) is 5.91 Å². The number of hydrazone groups is 1. The van der Waals surface area contributed by atoms with Crippen LogP contribution in [-0.2, 0) is 0 Å². The molecule has 0 bridgehead atoms. The molecule has 40 heavy (non-hydrogen) atoms. The number of carbonyl (C=O) groups excluding carboxylic acids is 2. The van der Waals surface area contributed by atoms with Crippen molar-refractivity contribution in [2.45, 2.75) is 26.3 Å². The summed E-state index contributed by atoms with van der Waals surface area (Å²) in [6, 6.07) is 2.05. The number of rotatable bonds is 7. The minimum atomic E-state index is -0.545. The second kappa shape index (κ2) is 11.9. The number of aromatic nitrogens is 5. The topological polar surface area (TPSA) is 158 Å². The van der Waals surface area contributed by atoms with Crippen LogP contribution in [0.2, 0.25) is 0 Å². The summed E-state index contributed by atoms with van der Waals surface area (Å²) in [5, 5.41) is 18.3. The Morgan fingerprint density at radius 1 is 1.25 bits per heavy atom. The van der Waals surface area contributed by atoms with E-state index in [1.165, 1.54) is 23.6 Å². The summed E-state index contributed by atoms with van der Waals surface area (Å²) in [5.74, 6) is 0.340. The van der Waals surface area contributed by atoms with Gasteiger partial charge in [0.1, 0.15) is 12.5 Å². The molecule has 0 unspecified atom stereocenters. The van der Waals surface area contributed by atoms with Crippen molar-refractivity contribution in [1.82, 2.24) is 45.7 Å². The van der Waals surface area contributed by atoms with E-state index >= 15 is 0 Å². The predicted molar refractivity (Wildman–Crippen MR) is 145 cm³/mol. The minimum absolute atomic E-state index is 0.0790. The van der Waals surface area contributed by atoms with E-state index in [0.717, 1.165) is 32.4 Å². The van der Waals surface area contributed by atoms with Crippen LogP contribution >= 0.6 is 0 Å². The first-order valence-corrected chi connectivity index (χ1v) is 12.8. The van der Waals surface area contributed by atoms with E-state index in [0.29, 0.717) is 40.7 Å². The van der Waals surface area contributed by atoms with Crippen molar-refractivity contribution in [3.63, 3.8) is 0 Å². The van der Waals surface area contributed by atoms with Crippen LogP contribution in [-0.4, -0.2) is 87.1 Å². The van der Waals surface area contributed by atoms with E-state index in [2.05, 4.69) is 51.0 Å². The molecule has 208 valence electrons. The van der Waals surface area contributed by atoms with E-state index in [-0.39, 0.29) is 12.6 Å². The van der Waals surface area contributed by atoms with Crippen molar-refractivity contribution in [2.75, 3.05) is 37.7 Å². The number of hydrogen-bond donors (Lipinski definition) is 3. The molecule has 3 aromatic heterocycles. The average molecular weight is 549 g/mol. The van der Waals surface area contributed by atoms with Crippen LogP contribution in [0.3, 0.4) is 0 Å². The molecule has 5 heterocycles. The Morgan fingerprint density at radius 3 is 2.88 bits per heavy atom. The molecule has 2 aliphatic rings. The van der Waals surface area contributed by atoms with E-state index in [4.69, 9.17) is 0 Å². The van der Waals surface area contributed by atoms with Gasteiger partial charge in [-0.15, -0.1) is 0 Å². The lowest BCUT2D eigenvalue weighted by atomic mass is 10.1. The summed E-state index contributed by atoms with van der Waals surface area (Å²) < 4.78 is 15.2. The van der Waals surface area contributed by atoms with E-state index < -0.39 is 17.9 Å². The van der Waals surface area contributed by atoms with Crippen molar-refractivity contribution < 1.29 is 14.0 Å². The molecule has 1 fully saturated rings. The number of urea groups is 1. The van der Waals surface area contributed by atoms with Crippen LogP contribution in [0.25, 0.3) is 5.82 Å². The number of nitrogens with one attached hydrogen (secondary N) is 3. The quantitative estimate of drug-likeness (QED) is 0.292.